The van der Waals surface area contributed by atoms with Crippen molar-refractivity contribution >= 4 is 10.0 Å². The molecule has 1 saturated heterocycles. The van der Waals surface area contributed by atoms with Gasteiger partial charge in [-0.05, 0) is 54.9 Å². The zero-order valence-corrected chi connectivity index (χ0v) is 14.0. The van der Waals surface area contributed by atoms with Crippen LogP contribution in [-0.2, 0) is 16.6 Å². The first-order valence-electron chi connectivity index (χ1n) is 7.56. The van der Waals surface area contributed by atoms with Crippen molar-refractivity contribution in [1.82, 2.24) is 4.31 Å². The van der Waals surface area contributed by atoms with Gasteiger partial charge in [-0.2, -0.15) is 4.31 Å². The molecule has 1 heterocycles. The summed E-state index contributed by atoms with van der Waals surface area (Å²) in [5.74, 6) is 0. The number of sulfonamides is 1. The monoisotopic (exact) mass is 310 g/mol. The molecule has 5 heteroatoms. The Hall–Kier alpha value is -0.910. The van der Waals surface area contributed by atoms with Gasteiger partial charge in [0.1, 0.15) is 0 Å². The summed E-state index contributed by atoms with van der Waals surface area (Å²) >= 11 is 0. The predicted octanol–water partition coefficient (Wildman–Crippen LogP) is 2.65. The minimum atomic E-state index is -3.41. The largest absolute Gasteiger partial charge is 0.326 e. The Labute approximate surface area is 128 Å². The molecule has 0 amide bonds. The van der Waals surface area contributed by atoms with Gasteiger partial charge in [-0.3, -0.25) is 0 Å². The van der Waals surface area contributed by atoms with Crippen molar-refractivity contribution in [2.24, 2.45) is 11.1 Å². The van der Waals surface area contributed by atoms with E-state index in [1.807, 2.05) is 13.0 Å². The average molecular weight is 310 g/mol. The van der Waals surface area contributed by atoms with Crippen LogP contribution < -0.4 is 5.73 Å². The summed E-state index contributed by atoms with van der Waals surface area (Å²) in [6, 6.07) is 5.26. The number of nitrogens with two attached hydrogens (primary N) is 1. The van der Waals surface area contributed by atoms with Crippen molar-refractivity contribution in [1.29, 1.82) is 0 Å². The molecule has 118 valence electrons. The first kappa shape index (κ1) is 16.5. The highest BCUT2D eigenvalue weighted by Gasteiger charge is 2.30. The van der Waals surface area contributed by atoms with Crippen LogP contribution in [0.15, 0.2) is 23.1 Å². The third-order valence-electron chi connectivity index (χ3n) is 4.48. The Kier molecular flexibility index (Phi) is 4.76. The number of nitrogens with zero attached hydrogens (tertiary/aromatic N) is 1. The SMILES string of the molecule is Cc1ccc(S(=O)(=O)N2CCCC(C)(C)CC2)cc1CN. The first-order chi connectivity index (χ1) is 9.76. The molecule has 0 aromatic heterocycles. The van der Waals surface area contributed by atoms with Gasteiger partial charge >= 0.3 is 0 Å². The fraction of sp³-hybridized carbons (Fsp3) is 0.625. The Morgan fingerprint density at radius 3 is 2.62 bits per heavy atom. The van der Waals surface area contributed by atoms with E-state index in [4.69, 9.17) is 5.73 Å². The highest BCUT2D eigenvalue weighted by atomic mass is 32.2. The molecule has 2 N–H and O–H groups in total. The van der Waals surface area contributed by atoms with Crippen molar-refractivity contribution < 1.29 is 8.42 Å². The highest BCUT2D eigenvalue weighted by Crippen LogP contribution is 2.32. The fourth-order valence-electron chi connectivity index (χ4n) is 2.82. The van der Waals surface area contributed by atoms with Crippen molar-refractivity contribution in [2.45, 2.75) is 51.5 Å². The van der Waals surface area contributed by atoms with E-state index in [1.54, 1.807) is 16.4 Å². The van der Waals surface area contributed by atoms with Crippen molar-refractivity contribution in [3.8, 4) is 0 Å². The molecule has 0 aliphatic carbocycles. The quantitative estimate of drug-likeness (QED) is 0.933. The van der Waals surface area contributed by atoms with Crippen LogP contribution in [0.25, 0.3) is 0 Å². The van der Waals surface area contributed by atoms with E-state index in [2.05, 4.69) is 13.8 Å². The molecule has 0 radical (unpaired) electrons. The molecule has 0 saturated carbocycles. The van der Waals surface area contributed by atoms with Gasteiger partial charge in [0.05, 0.1) is 4.90 Å². The van der Waals surface area contributed by atoms with Gasteiger partial charge in [0.15, 0.2) is 0 Å². The van der Waals surface area contributed by atoms with Crippen molar-refractivity contribution in [2.75, 3.05) is 13.1 Å². The molecule has 1 aliphatic heterocycles. The molecule has 21 heavy (non-hydrogen) atoms. The summed E-state index contributed by atoms with van der Waals surface area (Å²) in [6.07, 6.45) is 2.89. The smallest absolute Gasteiger partial charge is 0.243 e. The molecule has 1 aromatic rings. The molecule has 1 aliphatic rings. The molecule has 4 nitrogen and oxygen atoms in total. The number of hydrogen-bond donors (Lipinski definition) is 1. The first-order valence-corrected chi connectivity index (χ1v) is 9.00. The number of rotatable bonds is 3. The number of aryl methyl sites for hydroxylation is 1. The summed E-state index contributed by atoms with van der Waals surface area (Å²) in [5.41, 5.74) is 7.85. The van der Waals surface area contributed by atoms with Crippen LogP contribution in [0, 0.1) is 12.3 Å². The van der Waals surface area contributed by atoms with Crippen molar-refractivity contribution in [3.05, 3.63) is 29.3 Å². The molecular weight excluding hydrogens is 284 g/mol. The van der Waals surface area contributed by atoms with E-state index in [9.17, 15) is 8.42 Å². The van der Waals surface area contributed by atoms with E-state index >= 15 is 0 Å². The van der Waals surface area contributed by atoms with Crippen LogP contribution in [0.4, 0.5) is 0 Å². The third-order valence-corrected chi connectivity index (χ3v) is 6.37. The molecule has 2 rings (SSSR count). The summed E-state index contributed by atoms with van der Waals surface area (Å²) in [5, 5.41) is 0. The summed E-state index contributed by atoms with van der Waals surface area (Å²) in [4.78, 5) is 0.369. The van der Waals surface area contributed by atoms with E-state index in [-0.39, 0.29) is 5.41 Å². The molecule has 0 bridgehead atoms. The van der Waals surface area contributed by atoms with Crippen LogP contribution in [0.2, 0.25) is 0 Å². The minimum absolute atomic E-state index is 0.222. The Morgan fingerprint density at radius 1 is 1.24 bits per heavy atom. The van der Waals surface area contributed by atoms with Crippen LogP contribution in [0.1, 0.15) is 44.2 Å². The highest BCUT2D eigenvalue weighted by molar-refractivity contribution is 7.89. The van der Waals surface area contributed by atoms with E-state index in [0.717, 1.165) is 30.4 Å². The lowest BCUT2D eigenvalue weighted by atomic mass is 9.85. The lowest BCUT2D eigenvalue weighted by Gasteiger charge is -2.23. The number of hydrogen-bond acceptors (Lipinski definition) is 3. The summed E-state index contributed by atoms with van der Waals surface area (Å²) in [7, 11) is -3.41. The average Bonchev–Trinajstić information content (AvgIpc) is 2.60. The maximum atomic E-state index is 12.8. The van der Waals surface area contributed by atoms with Crippen LogP contribution in [0.3, 0.4) is 0 Å². The minimum Gasteiger partial charge on any atom is -0.326 e. The van der Waals surface area contributed by atoms with Gasteiger partial charge < -0.3 is 5.73 Å². The second kappa shape index (κ2) is 6.07. The van der Waals surface area contributed by atoms with E-state index in [0.29, 0.717) is 24.5 Å². The fourth-order valence-corrected chi connectivity index (χ4v) is 4.35. The molecular formula is C16H26N2O2S. The van der Waals surface area contributed by atoms with Gasteiger partial charge in [0, 0.05) is 19.6 Å². The van der Waals surface area contributed by atoms with Gasteiger partial charge in [0.2, 0.25) is 10.0 Å². The van der Waals surface area contributed by atoms with Crippen molar-refractivity contribution in [3.63, 3.8) is 0 Å². The van der Waals surface area contributed by atoms with Gasteiger partial charge in [0.25, 0.3) is 0 Å². The second-order valence-electron chi connectivity index (χ2n) is 6.71. The molecule has 0 spiro atoms. The standard InChI is InChI=1S/C16H26N2O2S/c1-13-5-6-15(11-14(13)12-17)21(19,20)18-9-4-7-16(2,3)8-10-18/h5-6,11H,4,7-10,12,17H2,1-3H3. The Morgan fingerprint density at radius 2 is 1.95 bits per heavy atom. The zero-order valence-electron chi connectivity index (χ0n) is 13.2. The molecule has 0 atom stereocenters. The van der Waals surface area contributed by atoms with E-state index < -0.39 is 10.0 Å². The lowest BCUT2D eigenvalue weighted by Crippen LogP contribution is -2.32. The zero-order chi connectivity index (χ0) is 15.7. The summed E-state index contributed by atoms with van der Waals surface area (Å²) < 4.78 is 27.3. The Bertz CT molecular complexity index is 609. The molecule has 1 fully saturated rings. The summed E-state index contributed by atoms with van der Waals surface area (Å²) in [6.45, 7) is 7.94. The normalized spacial score (nSPS) is 20.2. The topological polar surface area (TPSA) is 63.4 Å². The predicted molar refractivity (Wildman–Crippen MR) is 85.5 cm³/mol. The molecule has 0 unspecified atom stereocenters. The van der Waals surface area contributed by atoms with E-state index in [1.165, 1.54) is 0 Å². The van der Waals surface area contributed by atoms with Crippen LogP contribution in [-0.4, -0.2) is 25.8 Å². The third kappa shape index (κ3) is 3.65. The van der Waals surface area contributed by atoms with Crippen LogP contribution >= 0.6 is 0 Å². The second-order valence-corrected chi connectivity index (χ2v) is 8.65. The van der Waals surface area contributed by atoms with Crippen LogP contribution in [0.5, 0.6) is 0 Å². The maximum Gasteiger partial charge on any atom is 0.243 e. The maximum absolute atomic E-state index is 12.8. The number of benzene rings is 1. The van der Waals surface area contributed by atoms with Gasteiger partial charge in [-0.25, -0.2) is 8.42 Å². The van der Waals surface area contributed by atoms with Gasteiger partial charge in [-0.1, -0.05) is 19.9 Å². The van der Waals surface area contributed by atoms with Gasteiger partial charge in [-0.15, -0.1) is 0 Å². The molecule has 1 aromatic carbocycles. The lowest BCUT2D eigenvalue weighted by molar-refractivity contribution is 0.315. The Balaban J connectivity index is 2.29.